The van der Waals surface area contributed by atoms with E-state index in [-0.39, 0.29) is 24.5 Å². The van der Waals surface area contributed by atoms with Crippen LogP contribution in [0.1, 0.15) is 49.1 Å². The van der Waals surface area contributed by atoms with Crippen LogP contribution in [0.4, 0.5) is 4.79 Å². The molecule has 3 atom stereocenters. The second-order valence-electron chi connectivity index (χ2n) is 9.54. The maximum Gasteiger partial charge on any atom is 0.407 e. The molecule has 3 unspecified atom stereocenters. The lowest BCUT2D eigenvalue weighted by Crippen LogP contribution is -2.47. The third-order valence-corrected chi connectivity index (χ3v) is 7.37. The van der Waals surface area contributed by atoms with E-state index in [9.17, 15) is 19.5 Å². The molecule has 2 aliphatic carbocycles. The largest absolute Gasteiger partial charge is 0.480 e. The Morgan fingerprint density at radius 3 is 2.31 bits per heavy atom. The fourth-order valence-electron chi connectivity index (χ4n) is 5.62. The summed E-state index contributed by atoms with van der Waals surface area (Å²) in [7, 11) is 0. The van der Waals surface area contributed by atoms with Gasteiger partial charge in [0.25, 0.3) is 0 Å². The van der Waals surface area contributed by atoms with Gasteiger partial charge in [-0.1, -0.05) is 73.5 Å². The lowest BCUT2D eigenvalue weighted by atomic mass is 9.98. The minimum atomic E-state index is -0.949. The highest BCUT2D eigenvalue weighted by Crippen LogP contribution is 2.44. The van der Waals surface area contributed by atoms with Gasteiger partial charge in [-0.3, -0.25) is 4.79 Å². The Labute approximate surface area is 204 Å². The summed E-state index contributed by atoms with van der Waals surface area (Å²) in [4.78, 5) is 38.9. The van der Waals surface area contributed by atoms with Crippen LogP contribution in [-0.2, 0) is 14.3 Å². The Hall–Kier alpha value is -3.61. The number of nitrogens with one attached hydrogen (secondary N) is 1. The zero-order valence-corrected chi connectivity index (χ0v) is 19.6. The van der Waals surface area contributed by atoms with E-state index in [1.807, 2.05) is 24.3 Å². The number of nitrogens with zero attached hydrogens (tertiary/aromatic N) is 1. The number of carbonyl (C=O) groups excluding carboxylic acids is 2. The molecule has 2 aromatic carbocycles. The zero-order chi connectivity index (χ0) is 24.4. The van der Waals surface area contributed by atoms with Gasteiger partial charge in [0, 0.05) is 12.5 Å². The van der Waals surface area contributed by atoms with Gasteiger partial charge < -0.3 is 20.1 Å². The molecule has 2 aromatic rings. The average molecular weight is 475 g/mol. The van der Waals surface area contributed by atoms with Crippen molar-refractivity contribution in [3.63, 3.8) is 0 Å². The first-order valence-corrected chi connectivity index (χ1v) is 12.4. The monoisotopic (exact) mass is 474 g/mol. The summed E-state index contributed by atoms with van der Waals surface area (Å²) in [6.45, 7) is 0.692. The van der Waals surface area contributed by atoms with Gasteiger partial charge in [-0.25, -0.2) is 9.59 Å². The van der Waals surface area contributed by atoms with E-state index in [0.29, 0.717) is 19.4 Å². The van der Waals surface area contributed by atoms with Crippen LogP contribution in [-0.4, -0.2) is 53.2 Å². The molecular formula is C28H30N2O5. The molecule has 182 valence electrons. The molecule has 7 nitrogen and oxygen atoms in total. The number of fused-ring (bicyclic) bond motifs is 3. The number of ether oxygens (including phenoxy) is 1. The van der Waals surface area contributed by atoms with Crippen molar-refractivity contribution in [2.24, 2.45) is 5.92 Å². The number of alkyl carbamates (subject to hydrolysis) is 1. The van der Waals surface area contributed by atoms with E-state index in [0.717, 1.165) is 30.4 Å². The summed E-state index contributed by atoms with van der Waals surface area (Å²) < 4.78 is 5.62. The molecule has 2 amide bonds. The lowest BCUT2D eigenvalue weighted by molar-refractivity contribution is -0.151. The molecule has 2 N–H and O–H groups in total. The standard InChI is InChI=1S/C28H30N2O5/c31-26(30-15-7-1-2-12-25(30)27(32)33)18-13-14-19(16-18)29-28(34)35-17-24-22-10-5-3-8-20(22)21-9-4-6-11-23(21)24/h3-6,8-11,13-14,18-19,24-25H,1-2,7,12,15-17H2,(H,29,34)(H,32,33). The predicted octanol–water partition coefficient (Wildman–Crippen LogP) is 4.33. The van der Waals surface area contributed by atoms with Gasteiger partial charge in [-0.05, 0) is 41.5 Å². The van der Waals surface area contributed by atoms with Crippen molar-refractivity contribution in [3.05, 3.63) is 71.8 Å². The number of rotatable bonds is 5. The second kappa shape index (κ2) is 9.94. The first kappa shape index (κ1) is 23.1. The van der Waals surface area contributed by atoms with Crippen molar-refractivity contribution >= 4 is 18.0 Å². The Morgan fingerprint density at radius 2 is 1.63 bits per heavy atom. The van der Waals surface area contributed by atoms with Crippen LogP contribution in [0, 0.1) is 5.92 Å². The van der Waals surface area contributed by atoms with Gasteiger partial charge >= 0.3 is 12.1 Å². The SMILES string of the molecule is O=C(NC1C=CC(C(=O)N2CCCCCC2C(=O)O)C1)OCC1c2ccccc2-c2ccccc21. The van der Waals surface area contributed by atoms with Crippen molar-refractivity contribution in [1.82, 2.24) is 10.2 Å². The third-order valence-electron chi connectivity index (χ3n) is 7.37. The van der Waals surface area contributed by atoms with E-state index in [2.05, 4.69) is 29.6 Å². The van der Waals surface area contributed by atoms with E-state index in [4.69, 9.17) is 4.74 Å². The summed E-state index contributed by atoms with van der Waals surface area (Å²) in [6.07, 6.45) is 6.51. The molecule has 35 heavy (non-hydrogen) atoms. The smallest absolute Gasteiger partial charge is 0.407 e. The molecule has 0 spiro atoms. The Balaban J connectivity index is 1.17. The summed E-state index contributed by atoms with van der Waals surface area (Å²) in [5.74, 6) is -1.57. The number of aliphatic carboxylic acids is 1. The van der Waals surface area contributed by atoms with E-state index in [1.54, 1.807) is 12.2 Å². The minimum Gasteiger partial charge on any atom is -0.480 e. The summed E-state index contributed by atoms with van der Waals surface area (Å²) in [6, 6.07) is 15.3. The molecule has 0 radical (unpaired) electrons. The van der Waals surface area contributed by atoms with Crippen LogP contribution in [0.2, 0.25) is 0 Å². The maximum atomic E-state index is 13.1. The molecule has 0 aromatic heterocycles. The Bertz CT molecular complexity index is 1110. The van der Waals surface area contributed by atoms with Crippen molar-refractivity contribution in [2.75, 3.05) is 13.2 Å². The topological polar surface area (TPSA) is 95.9 Å². The maximum absolute atomic E-state index is 13.1. The van der Waals surface area contributed by atoms with Gasteiger partial charge in [0.2, 0.25) is 5.91 Å². The normalized spacial score (nSPS) is 23.3. The summed E-state index contributed by atoms with van der Waals surface area (Å²) >= 11 is 0. The first-order chi connectivity index (χ1) is 17.0. The zero-order valence-electron chi connectivity index (χ0n) is 19.6. The lowest BCUT2D eigenvalue weighted by Gasteiger charge is -2.29. The number of carboxylic acid groups (broad SMARTS) is 1. The molecule has 3 aliphatic rings. The van der Waals surface area contributed by atoms with Crippen molar-refractivity contribution < 1.29 is 24.2 Å². The highest BCUT2D eigenvalue weighted by molar-refractivity contribution is 5.87. The van der Waals surface area contributed by atoms with E-state index < -0.39 is 24.0 Å². The molecule has 5 rings (SSSR count). The van der Waals surface area contributed by atoms with Crippen molar-refractivity contribution in [2.45, 2.75) is 50.1 Å². The van der Waals surface area contributed by atoms with E-state index >= 15 is 0 Å². The third kappa shape index (κ3) is 4.67. The van der Waals surface area contributed by atoms with Gasteiger partial charge in [-0.2, -0.15) is 0 Å². The number of hydrogen-bond donors (Lipinski definition) is 2. The molecule has 0 bridgehead atoms. The number of likely N-dealkylation sites (tertiary alicyclic amines) is 1. The molecule has 0 saturated carbocycles. The van der Waals surface area contributed by atoms with Gasteiger partial charge in [0.05, 0.1) is 12.0 Å². The van der Waals surface area contributed by atoms with Gasteiger partial charge in [0.1, 0.15) is 12.6 Å². The van der Waals surface area contributed by atoms with Crippen LogP contribution in [0.15, 0.2) is 60.7 Å². The quantitative estimate of drug-likeness (QED) is 0.629. The first-order valence-electron chi connectivity index (χ1n) is 12.4. The van der Waals surface area contributed by atoms with Crippen molar-refractivity contribution in [1.29, 1.82) is 0 Å². The fourth-order valence-corrected chi connectivity index (χ4v) is 5.62. The van der Waals surface area contributed by atoms with Crippen LogP contribution in [0.3, 0.4) is 0 Å². The predicted molar refractivity (Wildman–Crippen MR) is 131 cm³/mol. The molecule has 1 heterocycles. The van der Waals surface area contributed by atoms with Gasteiger partial charge in [-0.15, -0.1) is 0 Å². The van der Waals surface area contributed by atoms with Crippen LogP contribution in [0.5, 0.6) is 0 Å². The van der Waals surface area contributed by atoms with Crippen molar-refractivity contribution in [3.8, 4) is 11.1 Å². The van der Waals surface area contributed by atoms with Crippen LogP contribution < -0.4 is 5.32 Å². The second-order valence-corrected chi connectivity index (χ2v) is 9.54. The molecular weight excluding hydrogens is 444 g/mol. The number of carboxylic acids is 1. The molecule has 1 fully saturated rings. The molecule has 1 saturated heterocycles. The molecule has 1 aliphatic heterocycles. The average Bonchev–Trinajstić information content (AvgIpc) is 3.35. The number of carbonyl (C=O) groups is 3. The fraction of sp³-hybridized carbons (Fsp3) is 0.393. The van der Waals surface area contributed by atoms with Crippen LogP contribution >= 0.6 is 0 Å². The molecule has 7 heteroatoms. The number of benzene rings is 2. The Kier molecular flexibility index (Phi) is 6.57. The summed E-state index contributed by atoms with van der Waals surface area (Å²) in [5.41, 5.74) is 4.65. The Morgan fingerprint density at radius 1 is 0.943 bits per heavy atom. The highest BCUT2D eigenvalue weighted by Gasteiger charge is 2.36. The number of hydrogen-bond acceptors (Lipinski definition) is 4. The van der Waals surface area contributed by atoms with E-state index in [1.165, 1.54) is 16.0 Å². The van der Waals surface area contributed by atoms with Gasteiger partial charge in [0.15, 0.2) is 0 Å². The van der Waals surface area contributed by atoms with Crippen LogP contribution in [0.25, 0.3) is 11.1 Å². The highest BCUT2D eigenvalue weighted by atomic mass is 16.5. The number of amides is 2. The minimum absolute atomic E-state index is 0.0161. The summed E-state index contributed by atoms with van der Waals surface area (Å²) in [5, 5.41) is 12.4.